The van der Waals surface area contributed by atoms with Crippen molar-refractivity contribution in [2.24, 2.45) is 0 Å². The number of benzene rings is 1. The molecule has 1 amide bonds. The standard InChI is InChI=1S/C22H24F3N7O3S/c1-4-36(34,35)31-18-15(6-5-11-26-18)12-27-19-17(22(23,24)25)13-28-21(30-19)29-16-9-7-14(8-10-16)20(33)32(2)3/h5-11,13H,4,12H2,1-3H3,(H,26,31)(H2,27,28,29,30). The molecule has 0 saturated carbocycles. The number of halogens is 3. The molecule has 0 aliphatic heterocycles. The molecule has 0 aliphatic rings. The molecule has 0 atom stereocenters. The number of hydrogen-bond acceptors (Lipinski definition) is 8. The number of hydrogen-bond donors (Lipinski definition) is 3. The first-order valence-electron chi connectivity index (χ1n) is 10.6. The molecule has 2 aromatic heterocycles. The molecule has 0 fully saturated rings. The van der Waals surface area contributed by atoms with E-state index in [1.165, 1.54) is 30.2 Å². The quantitative estimate of drug-likeness (QED) is 0.387. The van der Waals surface area contributed by atoms with Gasteiger partial charge in [-0.3, -0.25) is 9.52 Å². The van der Waals surface area contributed by atoms with Gasteiger partial charge in [0, 0.05) is 49.8 Å². The normalized spacial score (nSPS) is 11.6. The lowest BCUT2D eigenvalue weighted by Gasteiger charge is -2.16. The van der Waals surface area contributed by atoms with Gasteiger partial charge in [-0.05, 0) is 37.3 Å². The van der Waals surface area contributed by atoms with Gasteiger partial charge in [0.05, 0.1) is 5.75 Å². The fraction of sp³-hybridized carbons (Fsp3) is 0.273. The van der Waals surface area contributed by atoms with E-state index in [9.17, 15) is 26.4 Å². The number of carbonyl (C=O) groups is 1. The maximum absolute atomic E-state index is 13.6. The number of alkyl halides is 3. The first-order chi connectivity index (χ1) is 16.9. The molecule has 3 N–H and O–H groups in total. The van der Waals surface area contributed by atoms with E-state index in [1.807, 2.05) is 0 Å². The topological polar surface area (TPSA) is 129 Å². The van der Waals surface area contributed by atoms with Crippen LogP contribution >= 0.6 is 0 Å². The SMILES string of the molecule is CCS(=O)(=O)Nc1ncccc1CNc1nc(Nc2ccc(C(=O)N(C)C)cc2)ncc1C(F)(F)F. The van der Waals surface area contributed by atoms with Crippen molar-refractivity contribution in [2.75, 3.05) is 35.2 Å². The maximum Gasteiger partial charge on any atom is 0.421 e. The molecule has 14 heteroatoms. The smallest absolute Gasteiger partial charge is 0.365 e. The van der Waals surface area contributed by atoms with Crippen molar-refractivity contribution < 1.29 is 26.4 Å². The van der Waals surface area contributed by atoms with Gasteiger partial charge in [0.25, 0.3) is 5.91 Å². The largest absolute Gasteiger partial charge is 0.421 e. The van der Waals surface area contributed by atoms with Crippen LogP contribution in [0, 0.1) is 0 Å². The van der Waals surface area contributed by atoms with E-state index in [1.54, 1.807) is 38.4 Å². The van der Waals surface area contributed by atoms with E-state index in [4.69, 9.17) is 0 Å². The van der Waals surface area contributed by atoms with Crippen LogP contribution in [0.2, 0.25) is 0 Å². The molecular formula is C22H24F3N7O3S. The summed E-state index contributed by atoms with van der Waals surface area (Å²) in [6.07, 6.45) is -2.73. The third-order valence-corrected chi connectivity index (χ3v) is 6.12. The van der Waals surface area contributed by atoms with E-state index in [2.05, 4.69) is 30.3 Å². The van der Waals surface area contributed by atoms with Crippen molar-refractivity contribution in [3.05, 3.63) is 65.5 Å². The fourth-order valence-electron chi connectivity index (χ4n) is 2.94. The average molecular weight is 524 g/mol. The van der Waals surface area contributed by atoms with Crippen LogP contribution < -0.4 is 15.4 Å². The number of amides is 1. The van der Waals surface area contributed by atoms with E-state index < -0.39 is 27.6 Å². The maximum atomic E-state index is 13.6. The fourth-order valence-corrected chi connectivity index (χ4v) is 3.56. The zero-order valence-corrected chi connectivity index (χ0v) is 20.4. The third-order valence-electron chi connectivity index (χ3n) is 4.86. The van der Waals surface area contributed by atoms with Gasteiger partial charge in [0.15, 0.2) is 0 Å². The van der Waals surface area contributed by atoms with Crippen molar-refractivity contribution >= 4 is 39.2 Å². The highest BCUT2D eigenvalue weighted by atomic mass is 32.2. The lowest BCUT2D eigenvalue weighted by atomic mass is 10.2. The summed E-state index contributed by atoms with van der Waals surface area (Å²) in [5.41, 5.74) is 0.114. The average Bonchev–Trinajstić information content (AvgIpc) is 2.82. The number of nitrogens with one attached hydrogen (secondary N) is 3. The summed E-state index contributed by atoms with van der Waals surface area (Å²) < 4.78 is 66.9. The Morgan fingerprint density at radius 2 is 1.75 bits per heavy atom. The highest BCUT2D eigenvalue weighted by Crippen LogP contribution is 2.34. The zero-order chi connectivity index (χ0) is 26.5. The molecule has 192 valence electrons. The number of pyridine rings is 1. The van der Waals surface area contributed by atoms with Crippen molar-refractivity contribution in [3.63, 3.8) is 0 Å². The Hall–Kier alpha value is -3.94. The Morgan fingerprint density at radius 3 is 2.36 bits per heavy atom. The number of anilines is 4. The first-order valence-corrected chi connectivity index (χ1v) is 12.3. The summed E-state index contributed by atoms with van der Waals surface area (Å²) in [6.45, 7) is 1.25. The second kappa shape index (κ2) is 10.8. The van der Waals surface area contributed by atoms with Crippen LogP contribution in [-0.4, -0.2) is 54.0 Å². The Balaban J connectivity index is 1.85. The molecule has 0 unspecified atom stereocenters. The molecule has 1 aromatic carbocycles. The van der Waals surface area contributed by atoms with E-state index in [-0.39, 0.29) is 30.0 Å². The van der Waals surface area contributed by atoms with Crippen molar-refractivity contribution in [1.29, 1.82) is 0 Å². The first kappa shape index (κ1) is 26.7. The molecule has 0 aliphatic carbocycles. The highest BCUT2D eigenvalue weighted by molar-refractivity contribution is 7.92. The van der Waals surface area contributed by atoms with Crippen LogP contribution in [0.4, 0.5) is 36.4 Å². The van der Waals surface area contributed by atoms with Gasteiger partial charge in [0.2, 0.25) is 16.0 Å². The molecular weight excluding hydrogens is 499 g/mol. The number of nitrogens with zero attached hydrogens (tertiary/aromatic N) is 4. The van der Waals surface area contributed by atoms with Gasteiger partial charge >= 0.3 is 6.18 Å². The van der Waals surface area contributed by atoms with Crippen LogP contribution in [0.15, 0.2) is 48.8 Å². The van der Waals surface area contributed by atoms with Crippen molar-refractivity contribution in [2.45, 2.75) is 19.6 Å². The van der Waals surface area contributed by atoms with Gasteiger partial charge in [-0.1, -0.05) is 6.07 Å². The lowest BCUT2D eigenvalue weighted by Crippen LogP contribution is -2.21. The number of carbonyl (C=O) groups excluding carboxylic acids is 1. The Kier molecular flexibility index (Phi) is 7.97. The molecule has 3 aromatic rings. The number of sulfonamides is 1. The number of rotatable bonds is 9. The van der Waals surface area contributed by atoms with Crippen molar-refractivity contribution in [1.82, 2.24) is 19.9 Å². The molecule has 2 heterocycles. The van der Waals surface area contributed by atoms with Gasteiger partial charge in [0.1, 0.15) is 17.2 Å². The molecule has 0 saturated heterocycles. The van der Waals surface area contributed by atoms with Crippen LogP contribution in [0.1, 0.15) is 28.4 Å². The van der Waals surface area contributed by atoms with E-state index in [0.29, 0.717) is 23.0 Å². The molecule has 0 radical (unpaired) electrons. The third kappa shape index (κ3) is 6.81. The van der Waals surface area contributed by atoms with Crippen molar-refractivity contribution in [3.8, 4) is 0 Å². The number of aromatic nitrogens is 3. The van der Waals surface area contributed by atoms with E-state index in [0.717, 1.165) is 0 Å². The predicted octanol–water partition coefficient (Wildman–Crippen LogP) is 3.71. The second-order valence-corrected chi connectivity index (χ2v) is 9.74. The van der Waals surface area contributed by atoms with Gasteiger partial charge < -0.3 is 15.5 Å². The second-order valence-electron chi connectivity index (χ2n) is 7.73. The van der Waals surface area contributed by atoms with Crippen LogP contribution in [0.25, 0.3) is 0 Å². The summed E-state index contributed by atoms with van der Waals surface area (Å²) in [7, 11) is -0.409. The Morgan fingerprint density at radius 1 is 1.06 bits per heavy atom. The zero-order valence-electron chi connectivity index (χ0n) is 19.6. The lowest BCUT2D eigenvalue weighted by molar-refractivity contribution is -0.137. The Bertz CT molecular complexity index is 1330. The predicted molar refractivity (Wildman–Crippen MR) is 129 cm³/mol. The summed E-state index contributed by atoms with van der Waals surface area (Å²) in [6, 6.07) is 9.34. The van der Waals surface area contributed by atoms with Crippen LogP contribution in [0.5, 0.6) is 0 Å². The minimum absolute atomic E-state index is 0.000161. The Labute approximate surface area is 206 Å². The molecule has 36 heavy (non-hydrogen) atoms. The molecule has 0 bridgehead atoms. The minimum Gasteiger partial charge on any atom is -0.365 e. The summed E-state index contributed by atoms with van der Waals surface area (Å²) in [5.74, 6) is -1.02. The highest BCUT2D eigenvalue weighted by Gasteiger charge is 2.35. The molecule has 10 nitrogen and oxygen atoms in total. The van der Waals surface area contributed by atoms with Crippen LogP contribution in [-0.2, 0) is 22.7 Å². The summed E-state index contributed by atoms with van der Waals surface area (Å²) in [5, 5.41) is 5.41. The molecule has 0 spiro atoms. The minimum atomic E-state index is -4.74. The van der Waals surface area contributed by atoms with Gasteiger partial charge in [-0.2, -0.15) is 18.2 Å². The van der Waals surface area contributed by atoms with Gasteiger partial charge in [-0.25, -0.2) is 18.4 Å². The monoisotopic (exact) mass is 523 g/mol. The van der Waals surface area contributed by atoms with E-state index >= 15 is 0 Å². The van der Waals surface area contributed by atoms with Crippen LogP contribution in [0.3, 0.4) is 0 Å². The molecule has 3 rings (SSSR count). The summed E-state index contributed by atoms with van der Waals surface area (Å²) in [4.78, 5) is 25.1. The van der Waals surface area contributed by atoms with Gasteiger partial charge in [-0.15, -0.1) is 0 Å². The summed E-state index contributed by atoms with van der Waals surface area (Å²) >= 11 is 0.